The molecule has 1 aromatic heterocycles. The molecule has 0 fully saturated rings. The number of nitrogens with one attached hydrogen (secondary N) is 1. The predicted molar refractivity (Wildman–Crippen MR) is 76.6 cm³/mol. The van der Waals surface area contributed by atoms with Gasteiger partial charge in [-0.3, -0.25) is 0 Å². The highest BCUT2D eigenvalue weighted by molar-refractivity contribution is 5.58. The summed E-state index contributed by atoms with van der Waals surface area (Å²) in [6.45, 7) is 10.7. The van der Waals surface area contributed by atoms with E-state index in [1.54, 1.807) is 6.33 Å². The Labute approximate surface area is 110 Å². The van der Waals surface area contributed by atoms with E-state index in [9.17, 15) is 0 Å². The summed E-state index contributed by atoms with van der Waals surface area (Å²) in [5, 5.41) is 0. The lowest BCUT2D eigenvalue weighted by Crippen LogP contribution is -2.30. The molecule has 0 bridgehead atoms. The van der Waals surface area contributed by atoms with Gasteiger partial charge in [-0.15, -0.1) is 0 Å². The van der Waals surface area contributed by atoms with Crippen molar-refractivity contribution < 1.29 is 0 Å². The van der Waals surface area contributed by atoms with Crippen LogP contribution in [0.15, 0.2) is 6.33 Å². The molecule has 0 aliphatic rings. The predicted octanol–water partition coefficient (Wildman–Crippen LogP) is 2.20. The summed E-state index contributed by atoms with van der Waals surface area (Å²) in [4.78, 5) is 10.9. The van der Waals surface area contributed by atoms with Gasteiger partial charge in [-0.05, 0) is 19.3 Å². The normalized spacial score (nSPS) is 12.3. The fourth-order valence-electron chi connectivity index (χ4n) is 2.00. The van der Waals surface area contributed by atoms with Gasteiger partial charge in [-0.25, -0.2) is 15.8 Å². The van der Waals surface area contributed by atoms with Crippen LogP contribution in [-0.2, 0) is 6.42 Å². The zero-order valence-corrected chi connectivity index (χ0v) is 11.9. The molecule has 0 saturated carbocycles. The van der Waals surface area contributed by atoms with Gasteiger partial charge in [0.15, 0.2) is 0 Å². The second-order valence-corrected chi connectivity index (χ2v) is 4.57. The molecule has 1 heterocycles. The van der Waals surface area contributed by atoms with Crippen molar-refractivity contribution >= 4 is 11.6 Å². The van der Waals surface area contributed by atoms with Crippen LogP contribution >= 0.6 is 0 Å². The van der Waals surface area contributed by atoms with Gasteiger partial charge in [0.2, 0.25) is 0 Å². The van der Waals surface area contributed by atoms with Crippen molar-refractivity contribution in [2.45, 2.75) is 40.5 Å². The second-order valence-electron chi connectivity index (χ2n) is 4.57. The van der Waals surface area contributed by atoms with Crippen LogP contribution in [0.4, 0.5) is 11.6 Å². The Kier molecular flexibility index (Phi) is 5.85. The van der Waals surface area contributed by atoms with Crippen LogP contribution in [0.5, 0.6) is 0 Å². The van der Waals surface area contributed by atoms with Crippen molar-refractivity contribution in [3.05, 3.63) is 11.9 Å². The third-order valence-electron chi connectivity index (χ3n) is 3.32. The van der Waals surface area contributed by atoms with Gasteiger partial charge in [-0.2, -0.15) is 0 Å². The summed E-state index contributed by atoms with van der Waals surface area (Å²) in [6, 6.07) is 0. The Bertz CT molecular complexity index is 366. The lowest BCUT2D eigenvalue weighted by Gasteiger charge is -2.27. The zero-order valence-electron chi connectivity index (χ0n) is 11.9. The zero-order chi connectivity index (χ0) is 13.5. The van der Waals surface area contributed by atoms with Crippen molar-refractivity contribution in [2.75, 3.05) is 23.4 Å². The molecule has 102 valence electrons. The fourth-order valence-corrected chi connectivity index (χ4v) is 2.00. The standard InChI is InChI=1S/C13H25N5/c1-5-10(4)8-18(7-3)13-11(6-2)12(17-14)15-9-16-13/h9-10H,5-8,14H2,1-4H3,(H,15,16,17). The summed E-state index contributed by atoms with van der Waals surface area (Å²) < 4.78 is 0. The van der Waals surface area contributed by atoms with E-state index in [0.29, 0.717) is 5.92 Å². The number of hydrazine groups is 1. The SMILES string of the molecule is CCc1c(NN)ncnc1N(CC)CC(C)CC. The fraction of sp³-hybridized carbons (Fsp3) is 0.692. The molecule has 0 aliphatic carbocycles. The van der Waals surface area contributed by atoms with Crippen LogP contribution in [0, 0.1) is 5.92 Å². The molecule has 0 aromatic carbocycles. The van der Waals surface area contributed by atoms with Crippen molar-refractivity contribution in [1.29, 1.82) is 0 Å². The molecule has 1 unspecified atom stereocenters. The number of nitrogen functional groups attached to an aromatic ring is 1. The molecule has 0 saturated heterocycles. The van der Waals surface area contributed by atoms with Crippen molar-refractivity contribution in [3.63, 3.8) is 0 Å². The van der Waals surface area contributed by atoms with Gasteiger partial charge in [0, 0.05) is 18.7 Å². The monoisotopic (exact) mass is 251 g/mol. The van der Waals surface area contributed by atoms with Crippen LogP contribution in [0.3, 0.4) is 0 Å². The Hall–Kier alpha value is -1.36. The third kappa shape index (κ3) is 3.32. The largest absolute Gasteiger partial charge is 0.356 e. The van der Waals surface area contributed by atoms with Crippen molar-refractivity contribution in [3.8, 4) is 0 Å². The Balaban J connectivity index is 3.04. The summed E-state index contributed by atoms with van der Waals surface area (Å²) in [5.74, 6) is 7.89. The highest BCUT2D eigenvalue weighted by Crippen LogP contribution is 2.24. The number of hydrogen-bond donors (Lipinski definition) is 2. The molecule has 3 N–H and O–H groups in total. The smallest absolute Gasteiger partial charge is 0.148 e. The number of rotatable bonds is 7. The lowest BCUT2D eigenvalue weighted by molar-refractivity contribution is 0.544. The highest BCUT2D eigenvalue weighted by atomic mass is 15.3. The Morgan fingerprint density at radius 3 is 2.56 bits per heavy atom. The van der Waals surface area contributed by atoms with E-state index in [-0.39, 0.29) is 0 Å². The maximum absolute atomic E-state index is 5.51. The van der Waals surface area contributed by atoms with Crippen LogP contribution in [0.25, 0.3) is 0 Å². The molecule has 1 aromatic rings. The molecule has 1 atom stereocenters. The topological polar surface area (TPSA) is 67.1 Å². The maximum atomic E-state index is 5.51. The average Bonchev–Trinajstić information content (AvgIpc) is 2.43. The van der Waals surface area contributed by atoms with E-state index < -0.39 is 0 Å². The average molecular weight is 251 g/mol. The lowest BCUT2D eigenvalue weighted by atomic mass is 10.1. The van der Waals surface area contributed by atoms with Crippen LogP contribution < -0.4 is 16.2 Å². The number of anilines is 2. The van der Waals surface area contributed by atoms with Crippen LogP contribution in [0.2, 0.25) is 0 Å². The first-order chi connectivity index (χ1) is 8.67. The van der Waals surface area contributed by atoms with E-state index >= 15 is 0 Å². The first-order valence-corrected chi connectivity index (χ1v) is 6.73. The molecule has 0 amide bonds. The molecular weight excluding hydrogens is 226 g/mol. The van der Waals surface area contributed by atoms with Gasteiger partial charge >= 0.3 is 0 Å². The van der Waals surface area contributed by atoms with E-state index in [0.717, 1.165) is 36.7 Å². The number of aromatic nitrogens is 2. The van der Waals surface area contributed by atoms with Gasteiger partial charge in [0.25, 0.3) is 0 Å². The van der Waals surface area contributed by atoms with Gasteiger partial charge in [-0.1, -0.05) is 27.2 Å². The molecule has 5 heteroatoms. The van der Waals surface area contributed by atoms with Gasteiger partial charge in [0.1, 0.15) is 18.0 Å². The Morgan fingerprint density at radius 1 is 1.33 bits per heavy atom. The van der Waals surface area contributed by atoms with Gasteiger partial charge in [0.05, 0.1) is 0 Å². The second kappa shape index (κ2) is 7.16. The first kappa shape index (κ1) is 14.7. The quantitative estimate of drug-likeness (QED) is 0.574. The molecule has 5 nitrogen and oxygen atoms in total. The van der Waals surface area contributed by atoms with Crippen molar-refractivity contribution in [2.24, 2.45) is 11.8 Å². The molecule has 0 spiro atoms. The van der Waals surface area contributed by atoms with E-state index in [2.05, 4.69) is 48.0 Å². The summed E-state index contributed by atoms with van der Waals surface area (Å²) in [7, 11) is 0. The first-order valence-electron chi connectivity index (χ1n) is 6.73. The molecule has 0 radical (unpaired) electrons. The van der Waals surface area contributed by atoms with Gasteiger partial charge < -0.3 is 10.3 Å². The maximum Gasteiger partial charge on any atom is 0.148 e. The third-order valence-corrected chi connectivity index (χ3v) is 3.32. The summed E-state index contributed by atoms with van der Waals surface area (Å²) in [5.41, 5.74) is 3.74. The molecule has 18 heavy (non-hydrogen) atoms. The highest BCUT2D eigenvalue weighted by Gasteiger charge is 2.16. The van der Waals surface area contributed by atoms with E-state index in [4.69, 9.17) is 5.84 Å². The minimum Gasteiger partial charge on any atom is -0.356 e. The minimum absolute atomic E-state index is 0.652. The number of nitrogens with zero attached hydrogens (tertiary/aromatic N) is 3. The minimum atomic E-state index is 0.652. The summed E-state index contributed by atoms with van der Waals surface area (Å²) in [6.07, 6.45) is 3.61. The number of nitrogens with two attached hydrogens (primary N) is 1. The Morgan fingerprint density at radius 2 is 2.06 bits per heavy atom. The van der Waals surface area contributed by atoms with Crippen molar-refractivity contribution in [1.82, 2.24) is 9.97 Å². The molecule has 1 rings (SSSR count). The molecular formula is C13H25N5. The molecule has 0 aliphatic heterocycles. The van der Waals surface area contributed by atoms with E-state index in [1.165, 1.54) is 6.42 Å². The number of hydrogen-bond acceptors (Lipinski definition) is 5. The summed E-state index contributed by atoms with van der Waals surface area (Å²) >= 11 is 0. The van der Waals surface area contributed by atoms with Crippen LogP contribution in [-0.4, -0.2) is 23.1 Å². The van der Waals surface area contributed by atoms with E-state index in [1.807, 2.05) is 0 Å². The van der Waals surface area contributed by atoms with Crippen LogP contribution in [0.1, 0.15) is 39.7 Å².